The fraction of sp³-hybridized carbons (Fsp3) is 0.400. The summed E-state index contributed by atoms with van der Waals surface area (Å²) in [6.07, 6.45) is 0. The number of aryl methyl sites for hydroxylation is 4. The van der Waals surface area contributed by atoms with Crippen LogP contribution in [0.5, 0.6) is 0 Å². The van der Waals surface area contributed by atoms with Crippen molar-refractivity contribution in [3.63, 3.8) is 0 Å². The average molecular weight is 266 g/mol. The van der Waals surface area contributed by atoms with Gasteiger partial charge in [0.15, 0.2) is 0 Å². The lowest BCUT2D eigenvalue weighted by Gasteiger charge is -2.28. The van der Waals surface area contributed by atoms with Gasteiger partial charge in [0.2, 0.25) is 0 Å². The van der Waals surface area contributed by atoms with Gasteiger partial charge >= 0.3 is 0 Å². The zero-order valence-electron chi connectivity index (χ0n) is 13.9. The van der Waals surface area contributed by atoms with Crippen LogP contribution in [0.2, 0.25) is 0 Å². The molecule has 0 N–H and O–H groups in total. The quantitative estimate of drug-likeness (QED) is 0.668. The van der Waals surface area contributed by atoms with E-state index in [1.54, 1.807) is 0 Å². The summed E-state index contributed by atoms with van der Waals surface area (Å²) >= 11 is 0. The predicted octanol–water partition coefficient (Wildman–Crippen LogP) is 5.55. The van der Waals surface area contributed by atoms with Crippen molar-refractivity contribution < 1.29 is 0 Å². The maximum Gasteiger partial charge on any atom is 0.0146 e. The maximum atomic E-state index is 2.35. The molecule has 0 amide bonds. The molecule has 2 aromatic rings. The zero-order chi connectivity index (χ0) is 15.1. The molecule has 0 bridgehead atoms. The molecular weight excluding hydrogens is 240 g/mol. The maximum absolute atomic E-state index is 2.35. The van der Waals surface area contributed by atoms with Crippen LogP contribution in [0.1, 0.15) is 52.8 Å². The first-order chi connectivity index (χ1) is 9.21. The second-order valence-corrected chi connectivity index (χ2v) is 6.74. The Balaban J connectivity index is 2.59. The van der Waals surface area contributed by atoms with Crippen LogP contribution in [-0.4, -0.2) is 0 Å². The van der Waals surface area contributed by atoms with Crippen molar-refractivity contribution >= 4 is 0 Å². The summed E-state index contributed by atoms with van der Waals surface area (Å²) in [7, 11) is 0. The van der Waals surface area contributed by atoms with Gasteiger partial charge in [-0.15, -0.1) is 0 Å². The molecule has 0 aliphatic rings. The first-order valence-electron chi connectivity index (χ1n) is 7.39. The first-order valence-corrected chi connectivity index (χ1v) is 7.39. The Labute approximate surface area is 123 Å². The number of hydrogen-bond donors (Lipinski definition) is 0. The van der Waals surface area contributed by atoms with Gasteiger partial charge < -0.3 is 0 Å². The van der Waals surface area contributed by atoms with Crippen molar-refractivity contribution in [1.82, 2.24) is 0 Å². The molecule has 0 saturated heterocycles. The minimum Gasteiger partial charge on any atom is -0.0564 e. The second-order valence-electron chi connectivity index (χ2n) is 6.74. The van der Waals surface area contributed by atoms with E-state index in [9.17, 15) is 0 Å². The van der Waals surface area contributed by atoms with Crippen molar-refractivity contribution in [2.24, 2.45) is 0 Å². The van der Waals surface area contributed by atoms with E-state index >= 15 is 0 Å². The van der Waals surface area contributed by atoms with Crippen LogP contribution in [0.3, 0.4) is 0 Å². The summed E-state index contributed by atoms with van der Waals surface area (Å²) < 4.78 is 0. The summed E-state index contributed by atoms with van der Waals surface area (Å²) in [5, 5.41) is 0. The van der Waals surface area contributed by atoms with E-state index in [1.807, 2.05) is 0 Å². The topological polar surface area (TPSA) is 0 Å². The molecular formula is C20H26. The Morgan fingerprint density at radius 2 is 1.00 bits per heavy atom. The standard InChI is InChI=1S/C20H26/c1-13-8-14(2)10-18(9-13)20(6,7)19-11-15(3)17(5)16(4)12-19/h8-12H,1-7H3. The molecule has 0 radical (unpaired) electrons. The van der Waals surface area contributed by atoms with Gasteiger partial charge in [0.25, 0.3) is 0 Å². The van der Waals surface area contributed by atoms with Crippen LogP contribution in [0.25, 0.3) is 0 Å². The number of rotatable bonds is 2. The number of hydrogen-bond acceptors (Lipinski definition) is 0. The zero-order valence-corrected chi connectivity index (χ0v) is 13.9. The van der Waals surface area contributed by atoms with Gasteiger partial charge in [-0.05, 0) is 62.4 Å². The lowest BCUT2D eigenvalue weighted by Crippen LogP contribution is -2.20. The van der Waals surface area contributed by atoms with Gasteiger partial charge in [-0.2, -0.15) is 0 Å². The van der Waals surface area contributed by atoms with Crippen molar-refractivity contribution in [3.05, 3.63) is 69.3 Å². The highest BCUT2D eigenvalue weighted by molar-refractivity contribution is 5.46. The van der Waals surface area contributed by atoms with E-state index in [0.29, 0.717) is 0 Å². The minimum atomic E-state index is 0.0417. The van der Waals surface area contributed by atoms with Gasteiger partial charge in [0, 0.05) is 5.41 Å². The first kappa shape index (κ1) is 14.8. The Bertz CT molecular complexity index is 602. The third-order valence-electron chi connectivity index (χ3n) is 4.59. The molecule has 0 heterocycles. The van der Waals surface area contributed by atoms with Crippen LogP contribution in [-0.2, 0) is 5.41 Å². The van der Waals surface area contributed by atoms with E-state index in [4.69, 9.17) is 0 Å². The summed E-state index contributed by atoms with van der Waals surface area (Å²) in [6, 6.07) is 11.6. The van der Waals surface area contributed by atoms with Crippen LogP contribution < -0.4 is 0 Å². The molecule has 0 aliphatic carbocycles. The molecule has 0 fully saturated rings. The average Bonchev–Trinajstić information content (AvgIpc) is 2.34. The summed E-state index contributed by atoms with van der Waals surface area (Å²) in [5.41, 5.74) is 9.71. The lowest BCUT2D eigenvalue weighted by atomic mass is 9.76. The fourth-order valence-corrected chi connectivity index (χ4v) is 2.90. The Hall–Kier alpha value is -1.56. The van der Waals surface area contributed by atoms with Crippen molar-refractivity contribution in [1.29, 1.82) is 0 Å². The van der Waals surface area contributed by atoms with E-state index in [1.165, 1.54) is 38.9 Å². The van der Waals surface area contributed by atoms with Crippen molar-refractivity contribution in [3.8, 4) is 0 Å². The molecule has 0 aliphatic heterocycles. The molecule has 2 rings (SSSR count). The van der Waals surface area contributed by atoms with Gasteiger partial charge in [-0.1, -0.05) is 55.3 Å². The third-order valence-corrected chi connectivity index (χ3v) is 4.59. The molecule has 106 valence electrons. The van der Waals surface area contributed by atoms with Gasteiger partial charge in [0.05, 0.1) is 0 Å². The Morgan fingerprint density at radius 3 is 1.45 bits per heavy atom. The monoisotopic (exact) mass is 266 g/mol. The van der Waals surface area contributed by atoms with Crippen LogP contribution in [0, 0.1) is 34.6 Å². The minimum absolute atomic E-state index is 0.0417. The molecule has 0 nitrogen and oxygen atoms in total. The summed E-state index contributed by atoms with van der Waals surface area (Å²) in [5.74, 6) is 0. The third kappa shape index (κ3) is 2.65. The smallest absolute Gasteiger partial charge is 0.0146 e. The van der Waals surface area contributed by atoms with E-state index in [-0.39, 0.29) is 5.41 Å². The molecule has 0 heteroatoms. The predicted molar refractivity (Wildman–Crippen MR) is 88.7 cm³/mol. The molecule has 0 atom stereocenters. The van der Waals surface area contributed by atoms with E-state index in [2.05, 4.69) is 78.8 Å². The largest absolute Gasteiger partial charge is 0.0564 e. The highest BCUT2D eigenvalue weighted by Gasteiger charge is 2.24. The van der Waals surface area contributed by atoms with Crippen molar-refractivity contribution in [2.75, 3.05) is 0 Å². The molecule has 0 saturated carbocycles. The molecule has 0 aromatic heterocycles. The van der Waals surface area contributed by atoms with Gasteiger partial charge in [-0.25, -0.2) is 0 Å². The molecule has 20 heavy (non-hydrogen) atoms. The highest BCUT2D eigenvalue weighted by Crippen LogP contribution is 2.34. The Morgan fingerprint density at radius 1 is 0.600 bits per heavy atom. The van der Waals surface area contributed by atoms with E-state index in [0.717, 1.165) is 0 Å². The fourth-order valence-electron chi connectivity index (χ4n) is 2.90. The van der Waals surface area contributed by atoms with Crippen LogP contribution in [0.4, 0.5) is 0 Å². The normalized spacial score (nSPS) is 11.8. The van der Waals surface area contributed by atoms with Gasteiger partial charge in [0.1, 0.15) is 0 Å². The summed E-state index contributed by atoms with van der Waals surface area (Å²) in [4.78, 5) is 0. The number of benzene rings is 2. The SMILES string of the molecule is Cc1cc(C)cc(C(C)(C)c2cc(C)c(C)c(C)c2)c1. The lowest BCUT2D eigenvalue weighted by molar-refractivity contribution is 0.638. The summed E-state index contributed by atoms with van der Waals surface area (Å²) in [6.45, 7) is 15.6. The van der Waals surface area contributed by atoms with Crippen LogP contribution in [0.15, 0.2) is 30.3 Å². The molecule has 0 unspecified atom stereocenters. The van der Waals surface area contributed by atoms with Crippen molar-refractivity contribution in [2.45, 2.75) is 53.9 Å². The highest BCUT2D eigenvalue weighted by atomic mass is 14.3. The van der Waals surface area contributed by atoms with E-state index < -0.39 is 0 Å². The molecule has 0 spiro atoms. The molecule has 2 aromatic carbocycles. The second kappa shape index (κ2) is 5.09. The Kier molecular flexibility index (Phi) is 3.77. The van der Waals surface area contributed by atoms with Crippen LogP contribution >= 0.6 is 0 Å². The van der Waals surface area contributed by atoms with Gasteiger partial charge in [-0.3, -0.25) is 0 Å².